The third-order valence-corrected chi connectivity index (χ3v) is 4.96. The number of amides is 1. The number of carbonyl (C=O) groups is 1. The van der Waals surface area contributed by atoms with Gasteiger partial charge in [0.25, 0.3) is 5.91 Å². The Morgan fingerprint density at radius 2 is 2.19 bits per heavy atom. The molecule has 26 heavy (non-hydrogen) atoms. The van der Waals surface area contributed by atoms with Gasteiger partial charge in [0, 0.05) is 16.9 Å². The topological polar surface area (TPSA) is 117 Å². The molecule has 7 nitrogen and oxygen atoms in total. The maximum Gasteiger partial charge on any atom is 0.254 e. The van der Waals surface area contributed by atoms with E-state index in [1.54, 1.807) is 42.1 Å². The SMILES string of the molecule is C[C@@]1(O)CC[C@H](n2cc(C(N)=O)c(Nc3ccc(Cl)cc3)n2)[C@@H](C#N)C1. The first-order valence-electron chi connectivity index (χ1n) is 8.32. The van der Waals surface area contributed by atoms with Crippen LogP contribution < -0.4 is 11.1 Å². The maximum atomic E-state index is 11.8. The Hall–Kier alpha value is -2.56. The average molecular weight is 374 g/mol. The molecule has 1 saturated carbocycles. The summed E-state index contributed by atoms with van der Waals surface area (Å²) in [5.74, 6) is -0.680. The van der Waals surface area contributed by atoms with E-state index in [9.17, 15) is 15.2 Å². The number of primary amides is 1. The van der Waals surface area contributed by atoms with Gasteiger partial charge >= 0.3 is 0 Å². The lowest BCUT2D eigenvalue weighted by Gasteiger charge is -2.36. The van der Waals surface area contributed by atoms with Crippen LogP contribution in [0.25, 0.3) is 0 Å². The number of nitriles is 1. The van der Waals surface area contributed by atoms with E-state index in [2.05, 4.69) is 16.5 Å². The van der Waals surface area contributed by atoms with E-state index in [0.29, 0.717) is 35.8 Å². The van der Waals surface area contributed by atoms with Gasteiger partial charge in [-0.25, -0.2) is 0 Å². The van der Waals surface area contributed by atoms with Crippen LogP contribution >= 0.6 is 11.6 Å². The van der Waals surface area contributed by atoms with Gasteiger partial charge in [0.1, 0.15) is 5.56 Å². The molecule has 1 amide bonds. The Kier molecular flexibility index (Phi) is 4.90. The predicted octanol–water partition coefficient (Wildman–Crippen LogP) is 2.99. The van der Waals surface area contributed by atoms with Gasteiger partial charge in [0.05, 0.1) is 23.6 Å². The average Bonchev–Trinajstić information content (AvgIpc) is 3.00. The molecular formula is C18H20ClN5O2. The molecule has 0 unspecified atom stereocenters. The maximum absolute atomic E-state index is 11.8. The summed E-state index contributed by atoms with van der Waals surface area (Å²) in [6, 6.07) is 9.00. The Bertz CT molecular complexity index is 853. The second-order valence-electron chi connectivity index (χ2n) is 6.91. The van der Waals surface area contributed by atoms with Crippen LogP contribution in [0.15, 0.2) is 30.5 Å². The number of hydrogen-bond donors (Lipinski definition) is 3. The van der Waals surface area contributed by atoms with Crippen LogP contribution in [0, 0.1) is 17.2 Å². The minimum absolute atomic E-state index is 0.223. The third kappa shape index (κ3) is 3.82. The van der Waals surface area contributed by atoms with Crippen LogP contribution in [0.3, 0.4) is 0 Å². The van der Waals surface area contributed by atoms with Crippen LogP contribution in [0.2, 0.25) is 5.02 Å². The van der Waals surface area contributed by atoms with Crippen LogP contribution in [0.5, 0.6) is 0 Å². The molecule has 0 saturated heterocycles. The Morgan fingerprint density at radius 3 is 2.81 bits per heavy atom. The highest BCUT2D eigenvalue weighted by atomic mass is 35.5. The Balaban J connectivity index is 1.91. The van der Waals surface area contributed by atoms with Gasteiger partial charge in [-0.15, -0.1) is 0 Å². The van der Waals surface area contributed by atoms with Gasteiger partial charge in [-0.2, -0.15) is 10.4 Å². The van der Waals surface area contributed by atoms with E-state index in [1.165, 1.54) is 0 Å². The van der Waals surface area contributed by atoms with E-state index >= 15 is 0 Å². The molecular weight excluding hydrogens is 354 g/mol. The quantitative estimate of drug-likeness (QED) is 0.761. The summed E-state index contributed by atoms with van der Waals surface area (Å²) >= 11 is 5.88. The van der Waals surface area contributed by atoms with Crippen molar-refractivity contribution in [3.63, 3.8) is 0 Å². The summed E-state index contributed by atoms with van der Waals surface area (Å²) in [7, 11) is 0. The zero-order valence-corrected chi connectivity index (χ0v) is 15.1. The van der Waals surface area contributed by atoms with Gasteiger partial charge in [0.15, 0.2) is 5.82 Å². The fourth-order valence-electron chi connectivity index (χ4n) is 3.32. The zero-order valence-electron chi connectivity index (χ0n) is 14.3. The predicted molar refractivity (Wildman–Crippen MR) is 98.1 cm³/mol. The number of benzene rings is 1. The number of carbonyl (C=O) groups excluding carboxylic acids is 1. The van der Waals surface area contributed by atoms with Crippen molar-refractivity contribution in [3.05, 3.63) is 41.0 Å². The molecule has 1 aliphatic carbocycles. The number of halogens is 1. The van der Waals surface area contributed by atoms with Crippen molar-refractivity contribution < 1.29 is 9.90 Å². The van der Waals surface area contributed by atoms with E-state index in [-0.39, 0.29) is 11.6 Å². The molecule has 136 valence electrons. The number of aromatic nitrogens is 2. The van der Waals surface area contributed by atoms with Crippen LogP contribution in [-0.4, -0.2) is 26.4 Å². The first kappa shape index (κ1) is 18.2. The molecule has 0 radical (unpaired) electrons. The monoisotopic (exact) mass is 373 g/mol. The minimum Gasteiger partial charge on any atom is -0.390 e. The van der Waals surface area contributed by atoms with Gasteiger partial charge in [-0.3, -0.25) is 9.48 Å². The van der Waals surface area contributed by atoms with E-state index in [0.717, 1.165) is 0 Å². The molecule has 1 fully saturated rings. The van der Waals surface area contributed by atoms with Gasteiger partial charge in [0.2, 0.25) is 0 Å². The number of nitrogens with zero attached hydrogens (tertiary/aromatic N) is 3. The van der Waals surface area contributed by atoms with Gasteiger partial charge in [-0.05, 0) is 50.5 Å². The second kappa shape index (κ2) is 6.98. The normalized spacial score (nSPS) is 25.5. The van der Waals surface area contributed by atoms with Crippen molar-refractivity contribution in [2.75, 3.05) is 5.32 Å². The number of anilines is 2. The number of hydrogen-bond acceptors (Lipinski definition) is 5. The summed E-state index contributed by atoms with van der Waals surface area (Å²) in [6.07, 6.45) is 3.07. The summed E-state index contributed by atoms with van der Waals surface area (Å²) < 4.78 is 1.61. The standard InChI is InChI=1S/C18H20ClN5O2/c1-18(26)7-6-15(11(8-18)9-20)24-10-14(16(21)25)17(23-24)22-13-4-2-12(19)3-5-13/h2-5,10-11,15,26H,6-8H2,1H3,(H2,21,25)(H,22,23)/t11-,15+,18-/m1/s1. The van der Waals surface area contributed by atoms with Crippen molar-refractivity contribution >= 4 is 29.0 Å². The first-order valence-corrected chi connectivity index (χ1v) is 8.70. The van der Waals surface area contributed by atoms with E-state index in [1.807, 2.05) is 0 Å². The van der Waals surface area contributed by atoms with Gasteiger partial charge < -0.3 is 16.2 Å². The lowest BCUT2D eigenvalue weighted by Crippen LogP contribution is -2.37. The lowest BCUT2D eigenvalue weighted by molar-refractivity contribution is -0.00689. The van der Waals surface area contributed by atoms with E-state index in [4.69, 9.17) is 17.3 Å². The van der Waals surface area contributed by atoms with Gasteiger partial charge in [-0.1, -0.05) is 11.6 Å². The second-order valence-corrected chi connectivity index (χ2v) is 7.35. The molecule has 4 N–H and O–H groups in total. The number of nitrogens with one attached hydrogen (secondary N) is 1. The first-order chi connectivity index (χ1) is 12.3. The highest BCUT2D eigenvalue weighted by molar-refractivity contribution is 6.30. The zero-order chi connectivity index (χ0) is 18.9. The smallest absolute Gasteiger partial charge is 0.254 e. The Labute approximate surface area is 156 Å². The molecule has 1 aliphatic rings. The molecule has 3 rings (SSSR count). The lowest BCUT2D eigenvalue weighted by atomic mass is 9.77. The third-order valence-electron chi connectivity index (χ3n) is 4.71. The summed E-state index contributed by atoms with van der Waals surface area (Å²) in [5, 5.41) is 27.8. The molecule has 1 heterocycles. The molecule has 0 aliphatic heterocycles. The van der Waals surface area contributed by atoms with E-state index < -0.39 is 17.4 Å². The largest absolute Gasteiger partial charge is 0.390 e. The van der Waals surface area contributed by atoms with Crippen molar-refractivity contribution in [1.82, 2.24) is 9.78 Å². The molecule has 2 aromatic rings. The Morgan fingerprint density at radius 1 is 1.50 bits per heavy atom. The molecule has 1 aromatic carbocycles. The summed E-state index contributed by atoms with van der Waals surface area (Å²) in [6.45, 7) is 1.74. The van der Waals surface area contributed by atoms with Crippen LogP contribution in [0.4, 0.5) is 11.5 Å². The number of rotatable bonds is 4. The number of nitrogens with two attached hydrogens (primary N) is 1. The molecule has 8 heteroatoms. The van der Waals surface area contributed by atoms with Crippen LogP contribution in [-0.2, 0) is 0 Å². The summed E-state index contributed by atoms with van der Waals surface area (Å²) in [5.41, 5.74) is 5.58. The fourth-order valence-corrected chi connectivity index (χ4v) is 3.45. The minimum atomic E-state index is -0.860. The molecule has 1 aromatic heterocycles. The molecule has 3 atom stereocenters. The molecule has 0 bridgehead atoms. The number of aliphatic hydroxyl groups is 1. The highest BCUT2D eigenvalue weighted by Gasteiger charge is 2.38. The molecule has 0 spiro atoms. The van der Waals surface area contributed by atoms with Crippen molar-refractivity contribution in [1.29, 1.82) is 5.26 Å². The summed E-state index contributed by atoms with van der Waals surface area (Å²) in [4.78, 5) is 11.8. The fraction of sp³-hybridized carbons (Fsp3) is 0.389. The highest BCUT2D eigenvalue weighted by Crippen LogP contribution is 2.39. The van der Waals surface area contributed by atoms with Crippen molar-refractivity contribution in [2.45, 2.75) is 37.8 Å². The van der Waals surface area contributed by atoms with Crippen molar-refractivity contribution in [3.8, 4) is 6.07 Å². The van der Waals surface area contributed by atoms with Crippen molar-refractivity contribution in [2.24, 2.45) is 11.7 Å². The van der Waals surface area contributed by atoms with Crippen LogP contribution in [0.1, 0.15) is 42.6 Å².